The Hall–Kier alpha value is -3.12. The fourth-order valence-electron chi connectivity index (χ4n) is 3.01. The van der Waals surface area contributed by atoms with Gasteiger partial charge in [-0.25, -0.2) is 4.39 Å². The number of aromatic amines is 1. The highest BCUT2D eigenvalue weighted by Crippen LogP contribution is 2.21. The van der Waals surface area contributed by atoms with Gasteiger partial charge in [0.2, 0.25) is 0 Å². The molecule has 0 aliphatic rings. The molecule has 0 unspecified atom stereocenters. The molecule has 0 aliphatic heterocycles. The van der Waals surface area contributed by atoms with Crippen LogP contribution in [0.15, 0.2) is 65.7 Å². The average molecular weight is 383 g/mol. The molecular weight excluding hydrogens is 367 g/mol. The van der Waals surface area contributed by atoms with Crippen molar-refractivity contribution >= 4 is 28.2 Å². The van der Waals surface area contributed by atoms with E-state index in [4.69, 9.17) is 11.6 Å². The summed E-state index contributed by atoms with van der Waals surface area (Å²) in [6.07, 6.45) is 4.09. The molecule has 5 nitrogen and oxygen atoms in total. The Labute approximate surface area is 159 Å². The quantitative estimate of drug-likeness (QED) is 0.544. The molecule has 7 heteroatoms. The van der Waals surface area contributed by atoms with Crippen LogP contribution in [-0.2, 0) is 6.42 Å². The van der Waals surface area contributed by atoms with E-state index in [1.165, 1.54) is 16.8 Å². The summed E-state index contributed by atoms with van der Waals surface area (Å²) < 4.78 is 14.5. The van der Waals surface area contributed by atoms with Crippen LogP contribution >= 0.6 is 11.6 Å². The van der Waals surface area contributed by atoms with Gasteiger partial charge in [-0.1, -0.05) is 29.8 Å². The van der Waals surface area contributed by atoms with E-state index in [0.29, 0.717) is 24.3 Å². The predicted molar refractivity (Wildman–Crippen MR) is 105 cm³/mol. The molecule has 0 bridgehead atoms. The molecule has 0 saturated heterocycles. The molecule has 2 heterocycles. The molecule has 27 heavy (non-hydrogen) atoms. The summed E-state index contributed by atoms with van der Waals surface area (Å²) in [6, 6.07) is 13.8. The van der Waals surface area contributed by atoms with Gasteiger partial charge in [-0.2, -0.15) is 9.78 Å². The first kappa shape index (κ1) is 17.3. The maximum atomic E-state index is 13.3. The highest BCUT2D eigenvalue weighted by atomic mass is 35.5. The third kappa shape index (κ3) is 3.44. The fourth-order valence-corrected chi connectivity index (χ4v) is 3.20. The van der Waals surface area contributed by atoms with Crippen molar-refractivity contribution in [3.8, 4) is 5.69 Å². The van der Waals surface area contributed by atoms with E-state index in [0.717, 1.165) is 16.5 Å². The smallest absolute Gasteiger partial charge is 0.292 e. The van der Waals surface area contributed by atoms with Crippen molar-refractivity contribution in [3.05, 3.63) is 87.7 Å². The number of para-hydroxylation sites is 1. The van der Waals surface area contributed by atoms with Crippen molar-refractivity contribution in [1.82, 2.24) is 14.8 Å². The van der Waals surface area contributed by atoms with Crippen LogP contribution in [-0.4, -0.2) is 21.3 Å². The molecule has 0 radical (unpaired) electrons. The van der Waals surface area contributed by atoms with Crippen LogP contribution < -0.4 is 10.9 Å². The standard InChI is InChI=1S/C20H16ClFN4O/c21-19-18(12-25-26(20(19)27)15-4-2-1-3-5-15)23-9-8-13-11-24-17-10-14(22)6-7-16(13)17/h1-7,10-12,23-24H,8-9H2. The number of anilines is 1. The molecule has 0 aliphatic carbocycles. The van der Waals surface area contributed by atoms with E-state index in [1.807, 2.05) is 24.4 Å². The maximum Gasteiger partial charge on any atom is 0.292 e. The number of aromatic nitrogens is 3. The second-order valence-electron chi connectivity index (χ2n) is 6.11. The molecule has 0 amide bonds. The zero-order valence-electron chi connectivity index (χ0n) is 14.2. The number of benzene rings is 2. The van der Waals surface area contributed by atoms with Gasteiger partial charge in [-0.05, 0) is 42.3 Å². The van der Waals surface area contributed by atoms with E-state index in [9.17, 15) is 9.18 Å². The molecule has 2 aromatic carbocycles. The van der Waals surface area contributed by atoms with Crippen molar-refractivity contribution < 1.29 is 4.39 Å². The van der Waals surface area contributed by atoms with Crippen LogP contribution in [0.5, 0.6) is 0 Å². The van der Waals surface area contributed by atoms with Gasteiger partial charge in [0.15, 0.2) is 0 Å². The molecule has 0 spiro atoms. The lowest BCUT2D eigenvalue weighted by molar-refractivity contribution is 0.629. The number of nitrogens with one attached hydrogen (secondary N) is 2. The van der Waals surface area contributed by atoms with Crippen molar-refractivity contribution in [2.24, 2.45) is 0 Å². The largest absolute Gasteiger partial charge is 0.382 e. The summed E-state index contributed by atoms with van der Waals surface area (Å²) in [5, 5.41) is 8.41. The number of H-pyrrole nitrogens is 1. The topological polar surface area (TPSA) is 62.7 Å². The summed E-state index contributed by atoms with van der Waals surface area (Å²) in [5.74, 6) is -0.272. The molecule has 0 atom stereocenters. The molecule has 0 fully saturated rings. The van der Waals surface area contributed by atoms with E-state index >= 15 is 0 Å². The summed E-state index contributed by atoms with van der Waals surface area (Å²) in [6.45, 7) is 0.556. The average Bonchev–Trinajstić information content (AvgIpc) is 3.08. The van der Waals surface area contributed by atoms with Gasteiger partial charge in [-0.15, -0.1) is 0 Å². The lowest BCUT2D eigenvalue weighted by Gasteiger charge is -2.10. The Morgan fingerprint density at radius 3 is 2.81 bits per heavy atom. The van der Waals surface area contributed by atoms with Crippen LogP contribution in [0.2, 0.25) is 5.02 Å². The molecule has 2 N–H and O–H groups in total. The third-order valence-electron chi connectivity index (χ3n) is 4.36. The Bertz CT molecular complexity index is 1150. The van der Waals surface area contributed by atoms with Gasteiger partial charge < -0.3 is 10.3 Å². The Morgan fingerprint density at radius 1 is 1.19 bits per heavy atom. The van der Waals surface area contributed by atoms with Crippen molar-refractivity contribution in [1.29, 1.82) is 0 Å². The zero-order chi connectivity index (χ0) is 18.8. The molecule has 4 rings (SSSR count). The lowest BCUT2D eigenvalue weighted by Crippen LogP contribution is -2.23. The molecule has 4 aromatic rings. The van der Waals surface area contributed by atoms with E-state index in [-0.39, 0.29) is 16.4 Å². The minimum Gasteiger partial charge on any atom is -0.382 e. The van der Waals surface area contributed by atoms with Crippen molar-refractivity contribution in [2.45, 2.75) is 6.42 Å². The second-order valence-corrected chi connectivity index (χ2v) is 6.48. The first-order chi connectivity index (χ1) is 13.1. The summed E-state index contributed by atoms with van der Waals surface area (Å²) in [4.78, 5) is 15.5. The number of rotatable bonds is 5. The number of hydrogen-bond donors (Lipinski definition) is 2. The number of halogens is 2. The van der Waals surface area contributed by atoms with Crippen LogP contribution in [0.25, 0.3) is 16.6 Å². The van der Waals surface area contributed by atoms with Crippen molar-refractivity contribution in [2.75, 3.05) is 11.9 Å². The minimum absolute atomic E-state index is 0.0925. The van der Waals surface area contributed by atoms with Crippen LogP contribution in [0.3, 0.4) is 0 Å². The van der Waals surface area contributed by atoms with Gasteiger partial charge in [0.05, 0.1) is 17.6 Å². The Balaban J connectivity index is 1.50. The third-order valence-corrected chi connectivity index (χ3v) is 4.72. The SMILES string of the molecule is O=c1c(Cl)c(NCCc2c[nH]c3cc(F)ccc23)cnn1-c1ccccc1. The van der Waals surface area contributed by atoms with Crippen LogP contribution in [0, 0.1) is 5.82 Å². The van der Waals surface area contributed by atoms with Crippen LogP contribution in [0.1, 0.15) is 5.56 Å². The second kappa shape index (κ2) is 7.25. The molecule has 2 aromatic heterocycles. The van der Waals surface area contributed by atoms with Gasteiger partial charge in [-0.3, -0.25) is 4.79 Å². The Kier molecular flexibility index (Phi) is 4.64. The van der Waals surface area contributed by atoms with Gasteiger partial charge in [0, 0.05) is 23.6 Å². The zero-order valence-corrected chi connectivity index (χ0v) is 15.0. The van der Waals surface area contributed by atoms with E-state index in [1.54, 1.807) is 24.4 Å². The summed E-state index contributed by atoms with van der Waals surface area (Å²) in [5.41, 5.74) is 2.58. The predicted octanol–water partition coefficient (Wildman–Crippen LogP) is 4.16. The first-order valence-corrected chi connectivity index (χ1v) is 8.84. The highest BCUT2D eigenvalue weighted by Gasteiger charge is 2.11. The molecule has 136 valence electrons. The van der Waals surface area contributed by atoms with E-state index < -0.39 is 0 Å². The molecule has 0 saturated carbocycles. The van der Waals surface area contributed by atoms with Crippen molar-refractivity contribution in [3.63, 3.8) is 0 Å². The first-order valence-electron chi connectivity index (χ1n) is 8.46. The maximum absolute atomic E-state index is 13.3. The fraction of sp³-hybridized carbons (Fsp3) is 0.100. The van der Waals surface area contributed by atoms with Crippen LogP contribution in [0.4, 0.5) is 10.1 Å². The molecular formula is C20H16ClFN4O. The number of nitrogens with zero attached hydrogens (tertiary/aromatic N) is 2. The minimum atomic E-state index is -0.379. The summed E-state index contributed by atoms with van der Waals surface area (Å²) in [7, 11) is 0. The van der Waals surface area contributed by atoms with Gasteiger partial charge in [0.1, 0.15) is 10.8 Å². The van der Waals surface area contributed by atoms with E-state index in [2.05, 4.69) is 15.4 Å². The number of hydrogen-bond acceptors (Lipinski definition) is 3. The lowest BCUT2D eigenvalue weighted by atomic mass is 10.1. The number of fused-ring (bicyclic) bond motifs is 1. The highest BCUT2D eigenvalue weighted by molar-refractivity contribution is 6.32. The normalized spacial score (nSPS) is 11.0. The van der Waals surface area contributed by atoms with Gasteiger partial charge in [0.25, 0.3) is 5.56 Å². The Morgan fingerprint density at radius 2 is 2.00 bits per heavy atom. The monoisotopic (exact) mass is 382 g/mol. The van der Waals surface area contributed by atoms with Gasteiger partial charge >= 0.3 is 0 Å². The summed E-state index contributed by atoms with van der Waals surface area (Å²) >= 11 is 6.24.